The van der Waals surface area contributed by atoms with E-state index in [1.54, 1.807) is 11.3 Å². The smallest absolute Gasteiger partial charge is 0.212 e. The van der Waals surface area contributed by atoms with Crippen LogP contribution in [-0.2, 0) is 13.0 Å². The Balaban J connectivity index is 2.05. The molecule has 2 aromatic heterocycles. The highest BCUT2D eigenvalue weighted by atomic mass is 32.1. The van der Waals surface area contributed by atoms with Gasteiger partial charge in [-0.15, -0.1) is 0 Å². The topological polar surface area (TPSA) is 33.4 Å². The molecule has 0 N–H and O–H groups in total. The molecule has 3 rings (SSSR count). The Hall–Kier alpha value is -0.940. The number of hydrogen-bond acceptors (Lipinski definition) is 4. The van der Waals surface area contributed by atoms with Crippen molar-refractivity contribution in [3.05, 3.63) is 16.9 Å². The van der Waals surface area contributed by atoms with Gasteiger partial charge in [0.1, 0.15) is 5.51 Å². The van der Waals surface area contributed by atoms with Crippen molar-refractivity contribution in [2.45, 2.75) is 32.9 Å². The monoisotopic (exact) mass is 222 g/mol. The molecule has 0 saturated heterocycles. The molecule has 0 bridgehead atoms. The van der Waals surface area contributed by atoms with E-state index < -0.39 is 0 Å². The number of imidazole rings is 1. The highest BCUT2D eigenvalue weighted by molar-refractivity contribution is 7.14. The molecular formula is C10H14N4S. The van der Waals surface area contributed by atoms with Gasteiger partial charge in [0, 0.05) is 25.6 Å². The van der Waals surface area contributed by atoms with Gasteiger partial charge >= 0.3 is 0 Å². The van der Waals surface area contributed by atoms with Crippen molar-refractivity contribution in [1.82, 2.24) is 19.5 Å². The van der Waals surface area contributed by atoms with Crippen molar-refractivity contribution < 1.29 is 0 Å². The summed E-state index contributed by atoms with van der Waals surface area (Å²) in [6.45, 7) is 6.59. The Bertz CT molecular complexity index is 485. The minimum atomic E-state index is 0.599. The maximum atomic E-state index is 4.60. The van der Waals surface area contributed by atoms with E-state index in [4.69, 9.17) is 0 Å². The molecule has 0 saturated carbocycles. The molecule has 15 heavy (non-hydrogen) atoms. The molecule has 80 valence electrons. The summed E-state index contributed by atoms with van der Waals surface area (Å²) in [5, 5.41) is 4.33. The minimum Gasteiger partial charge on any atom is -0.295 e. The molecular weight excluding hydrogens is 208 g/mol. The van der Waals surface area contributed by atoms with E-state index >= 15 is 0 Å². The van der Waals surface area contributed by atoms with E-state index in [0.717, 1.165) is 24.5 Å². The van der Waals surface area contributed by atoms with E-state index in [2.05, 4.69) is 28.8 Å². The van der Waals surface area contributed by atoms with Crippen molar-refractivity contribution in [2.24, 2.45) is 0 Å². The van der Waals surface area contributed by atoms with E-state index in [-0.39, 0.29) is 0 Å². The number of hydrogen-bond donors (Lipinski definition) is 0. The Morgan fingerprint density at radius 2 is 2.33 bits per heavy atom. The summed E-state index contributed by atoms with van der Waals surface area (Å²) >= 11 is 1.61. The second kappa shape index (κ2) is 3.28. The van der Waals surface area contributed by atoms with E-state index in [1.807, 2.05) is 10.0 Å². The quantitative estimate of drug-likeness (QED) is 0.734. The van der Waals surface area contributed by atoms with E-state index in [0.29, 0.717) is 6.04 Å². The Morgan fingerprint density at radius 1 is 1.47 bits per heavy atom. The van der Waals surface area contributed by atoms with Crippen LogP contribution in [0, 0.1) is 0 Å². The average Bonchev–Trinajstić information content (AvgIpc) is 2.75. The first-order valence-electron chi connectivity index (χ1n) is 5.29. The molecule has 3 heterocycles. The first-order chi connectivity index (χ1) is 7.25. The summed E-state index contributed by atoms with van der Waals surface area (Å²) in [7, 11) is 0. The fourth-order valence-electron chi connectivity index (χ4n) is 2.10. The molecule has 4 nitrogen and oxygen atoms in total. The molecule has 0 aliphatic carbocycles. The summed E-state index contributed by atoms with van der Waals surface area (Å²) in [5.41, 5.74) is 4.38. The molecule has 0 spiro atoms. The largest absolute Gasteiger partial charge is 0.295 e. The lowest BCUT2D eigenvalue weighted by molar-refractivity contribution is 0.198. The molecule has 0 atom stereocenters. The first kappa shape index (κ1) is 9.30. The van der Waals surface area contributed by atoms with Crippen LogP contribution in [0.4, 0.5) is 0 Å². The van der Waals surface area contributed by atoms with Crippen molar-refractivity contribution in [3.8, 4) is 0 Å². The van der Waals surface area contributed by atoms with Gasteiger partial charge in [-0.1, -0.05) is 11.3 Å². The van der Waals surface area contributed by atoms with Crippen LogP contribution in [0.2, 0.25) is 0 Å². The normalized spacial score (nSPS) is 17.5. The van der Waals surface area contributed by atoms with Crippen LogP contribution < -0.4 is 0 Å². The Kier molecular flexibility index (Phi) is 2.03. The van der Waals surface area contributed by atoms with Crippen LogP contribution in [0.3, 0.4) is 0 Å². The predicted octanol–water partition coefficient (Wildman–Crippen LogP) is 1.56. The molecule has 0 radical (unpaired) electrons. The molecule has 2 aromatic rings. The van der Waals surface area contributed by atoms with Crippen molar-refractivity contribution >= 4 is 16.3 Å². The number of aromatic nitrogens is 3. The van der Waals surface area contributed by atoms with Gasteiger partial charge in [-0.3, -0.25) is 4.90 Å². The summed E-state index contributed by atoms with van der Waals surface area (Å²) in [4.78, 5) is 8.10. The summed E-state index contributed by atoms with van der Waals surface area (Å²) in [6, 6.07) is 0.599. The van der Waals surface area contributed by atoms with Gasteiger partial charge in [-0.05, 0) is 13.8 Å². The van der Waals surface area contributed by atoms with Crippen LogP contribution in [-0.4, -0.2) is 32.1 Å². The van der Waals surface area contributed by atoms with Crippen LogP contribution >= 0.6 is 11.3 Å². The lowest BCUT2D eigenvalue weighted by Crippen LogP contribution is -2.36. The maximum absolute atomic E-state index is 4.60. The number of nitrogens with zero attached hydrogens (tertiary/aromatic N) is 4. The highest BCUT2D eigenvalue weighted by Crippen LogP contribution is 2.22. The molecule has 0 fully saturated rings. The minimum absolute atomic E-state index is 0.599. The fourth-order valence-corrected chi connectivity index (χ4v) is 2.75. The molecule has 0 amide bonds. The third-order valence-corrected chi connectivity index (χ3v) is 3.72. The van der Waals surface area contributed by atoms with Gasteiger partial charge in [0.2, 0.25) is 4.96 Å². The Labute approximate surface area is 92.5 Å². The third-order valence-electron chi connectivity index (χ3n) is 3.04. The zero-order valence-electron chi connectivity index (χ0n) is 8.97. The van der Waals surface area contributed by atoms with Crippen molar-refractivity contribution in [2.75, 3.05) is 6.54 Å². The Morgan fingerprint density at radius 3 is 3.13 bits per heavy atom. The first-order valence-corrected chi connectivity index (χ1v) is 6.17. The maximum Gasteiger partial charge on any atom is 0.212 e. The van der Waals surface area contributed by atoms with Gasteiger partial charge in [-0.2, -0.15) is 5.10 Å². The lowest BCUT2D eigenvalue weighted by Gasteiger charge is -2.29. The van der Waals surface area contributed by atoms with Gasteiger partial charge < -0.3 is 0 Å². The highest BCUT2D eigenvalue weighted by Gasteiger charge is 2.23. The van der Waals surface area contributed by atoms with Gasteiger partial charge in [0.05, 0.1) is 11.4 Å². The zero-order chi connectivity index (χ0) is 10.4. The summed E-state index contributed by atoms with van der Waals surface area (Å²) in [5.74, 6) is 0. The second-order valence-corrected chi connectivity index (χ2v) is 5.06. The third kappa shape index (κ3) is 1.38. The lowest BCUT2D eigenvalue weighted by atomic mass is 10.1. The molecule has 1 aliphatic heterocycles. The van der Waals surface area contributed by atoms with Gasteiger partial charge in [0.25, 0.3) is 0 Å². The van der Waals surface area contributed by atoms with Gasteiger partial charge in [0.15, 0.2) is 0 Å². The number of rotatable bonds is 1. The molecule has 0 unspecified atom stereocenters. The fraction of sp³-hybridized carbons (Fsp3) is 0.600. The van der Waals surface area contributed by atoms with Crippen LogP contribution in [0.1, 0.15) is 25.2 Å². The second-order valence-electron chi connectivity index (χ2n) is 4.25. The standard InChI is InChI=1S/C10H14N4S/c1-7(2)13-4-3-8-9(5-13)14-10(12-8)15-6-11-14/h6-7H,3-5H2,1-2H3. The zero-order valence-corrected chi connectivity index (χ0v) is 9.79. The van der Waals surface area contributed by atoms with Crippen molar-refractivity contribution in [3.63, 3.8) is 0 Å². The summed E-state index contributed by atoms with van der Waals surface area (Å²) < 4.78 is 1.99. The summed E-state index contributed by atoms with van der Waals surface area (Å²) in [6.07, 6.45) is 1.06. The molecule has 5 heteroatoms. The molecule has 0 aromatic carbocycles. The van der Waals surface area contributed by atoms with E-state index in [1.165, 1.54) is 11.4 Å². The van der Waals surface area contributed by atoms with Crippen LogP contribution in [0.15, 0.2) is 5.51 Å². The van der Waals surface area contributed by atoms with Crippen molar-refractivity contribution in [1.29, 1.82) is 0 Å². The predicted molar refractivity (Wildman–Crippen MR) is 60.1 cm³/mol. The van der Waals surface area contributed by atoms with Gasteiger partial charge in [-0.25, -0.2) is 9.50 Å². The van der Waals surface area contributed by atoms with E-state index in [9.17, 15) is 0 Å². The number of fused-ring (bicyclic) bond motifs is 3. The van der Waals surface area contributed by atoms with Crippen LogP contribution in [0.25, 0.3) is 4.96 Å². The van der Waals surface area contributed by atoms with Crippen LogP contribution in [0.5, 0.6) is 0 Å². The SMILES string of the molecule is CC(C)N1CCc2nc3scnn3c2C1. The molecule has 1 aliphatic rings. The average molecular weight is 222 g/mol.